The number of aromatic nitrogens is 1. The smallest absolute Gasteiger partial charge is 0.251 e. The van der Waals surface area contributed by atoms with Crippen LogP contribution in [0.3, 0.4) is 0 Å². The van der Waals surface area contributed by atoms with Gasteiger partial charge in [0.15, 0.2) is 0 Å². The number of rotatable bonds is 7. The average Bonchev–Trinajstić information content (AvgIpc) is 2.64. The Bertz CT molecular complexity index is 750. The van der Waals surface area contributed by atoms with Crippen LogP contribution in [0.25, 0.3) is 0 Å². The van der Waals surface area contributed by atoms with Gasteiger partial charge in [0.05, 0.1) is 19.3 Å². The van der Waals surface area contributed by atoms with Crippen molar-refractivity contribution in [2.75, 3.05) is 7.11 Å². The van der Waals surface area contributed by atoms with Crippen LogP contribution >= 0.6 is 0 Å². The van der Waals surface area contributed by atoms with E-state index in [9.17, 15) is 9.90 Å². The molecule has 0 bridgehead atoms. The number of aliphatic hydroxyl groups excluding tert-OH is 1. The number of methoxy groups -OCH3 is 1. The Kier molecular flexibility index (Phi) is 6.11. The Balaban J connectivity index is 1.73. The summed E-state index contributed by atoms with van der Waals surface area (Å²) in [4.78, 5) is 17.1. The van der Waals surface area contributed by atoms with E-state index in [0.29, 0.717) is 30.2 Å². The van der Waals surface area contributed by atoms with Crippen molar-refractivity contribution in [1.29, 1.82) is 0 Å². The summed E-state index contributed by atoms with van der Waals surface area (Å²) in [5.74, 6) is 1.23. The van der Waals surface area contributed by atoms with Crippen LogP contribution in [0.5, 0.6) is 5.88 Å². The van der Waals surface area contributed by atoms with Gasteiger partial charge in [0.2, 0.25) is 5.88 Å². The topological polar surface area (TPSA) is 71.5 Å². The first-order valence-electron chi connectivity index (χ1n) is 9.54. The number of benzene rings is 1. The molecule has 1 amide bonds. The molecule has 0 radical (unpaired) electrons. The molecule has 1 atom stereocenters. The Morgan fingerprint density at radius 2 is 1.93 bits per heavy atom. The van der Waals surface area contributed by atoms with Crippen LogP contribution in [0, 0.1) is 11.8 Å². The maximum atomic E-state index is 12.8. The van der Waals surface area contributed by atoms with Gasteiger partial charge in [-0.15, -0.1) is 0 Å². The second kappa shape index (κ2) is 8.53. The number of pyridine rings is 1. The molecule has 27 heavy (non-hydrogen) atoms. The van der Waals surface area contributed by atoms with Gasteiger partial charge in [0.1, 0.15) is 0 Å². The summed E-state index contributed by atoms with van der Waals surface area (Å²) in [6, 6.07) is 11.3. The molecular weight excluding hydrogens is 340 g/mol. The molecule has 3 rings (SSSR count). The molecule has 1 saturated carbocycles. The summed E-state index contributed by atoms with van der Waals surface area (Å²) < 4.78 is 5.12. The first-order valence-corrected chi connectivity index (χ1v) is 9.54. The van der Waals surface area contributed by atoms with Gasteiger partial charge >= 0.3 is 0 Å². The molecule has 1 aromatic carbocycles. The van der Waals surface area contributed by atoms with E-state index in [-0.39, 0.29) is 24.0 Å². The quantitative estimate of drug-likeness (QED) is 0.784. The van der Waals surface area contributed by atoms with E-state index in [1.807, 2.05) is 30.3 Å². The summed E-state index contributed by atoms with van der Waals surface area (Å²) in [6.07, 6.45) is 3.83. The minimum absolute atomic E-state index is 0.103. The fourth-order valence-corrected chi connectivity index (χ4v) is 3.56. The second-order valence-electron chi connectivity index (χ2n) is 7.77. The average molecular weight is 368 g/mol. The van der Waals surface area contributed by atoms with Crippen LogP contribution in [0.15, 0.2) is 42.6 Å². The SMILES string of the molecule is COc1ccc([C@@H](NC(=O)c2ccc(CC(C)C)cc2)C2CC(O)C2)cn1. The van der Waals surface area contributed by atoms with E-state index in [4.69, 9.17) is 4.74 Å². The Morgan fingerprint density at radius 1 is 1.22 bits per heavy atom. The number of nitrogens with zero attached hydrogens (tertiary/aromatic N) is 1. The van der Waals surface area contributed by atoms with Crippen LogP contribution in [-0.2, 0) is 6.42 Å². The van der Waals surface area contributed by atoms with Crippen LogP contribution in [0.2, 0.25) is 0 Å². The third kappa shape index (κ3) is 4.86. The van der Waals surface area contributed by atoms with E-state index < -0.39 is 0 Å². The zero-order valence-corrected chi connectivity index (χ0v) is 16.2. The molecule has 1 fully saturated rings. The number of carbonyl (C=O) groups excluding carboxylic acids is 1. The fourth-order valence-electron chi connectivity index (χ4n) is 3.56. The van der Waals surface area contributed by atoms with Crippen molar-refractivity contribution in [3.8, 4) is 5.88 Å². The summed E-state index contributed by atoms with van der Waals surface area (Å²) in [7, 11) is 1.58. The molecule has 1 heterocycles. The fraction of sp³-hybridized carbons (Fsp3) is 0.455. The molecule has 5 heteroatoms. The van der Waals surface area contributed by atoms with Gasteiger partial charge in [-0.3, -0.25) is 4.79 Å². The minimum atomic E-state index is -0.282. The van der Waals surface area contributed by atoms with Crippen molar-refractivity contribution in [3.05, 3.63) is 59.3 Å². The maximum Gasteiger partial charge on any atom is 0.251 e. The van der Waals surface area contributed by atoms with E-state index in [0.717, 1.165) is 12.0 Å². The highest BCUT2D eigenvalue weighted by molar-refractivity contribution is 5.94. The van der Waals surface area contributed by atoms with E-state index in [2.05, 4.69) is 24.1 Å². The normalized spacial score (nSPS) is 20.0. The van der Waals surface area contributed by atoms with Crippen LogP contribution in [0.1, 0.15) is 54.2 Å². The van der Waals surface area contributed by atoms with Crippen LogP contribution < -0.4 is 10.1 Å². The lowest BCUT2D eigenvalue weighted by atomic mass is 9.75. The molecule has 1 aliphatic carbocycles. The van der Waals surface area contributed by atoms with Crippen molar-refractivity contribution >= 4 is 5.91 Å². The van der Waals surface area contributed by atoms with Gasteiger partial charge in [-0.2, -0.15) is 0 Å². The number of hydrogen-bond acceptors (Lipinski definition) is 4. The number of carbonyl (C=O) groups is 1. The Labute approximate surface area is 160 Å². The predicted molar refractivity (Wildman–Crippen MR) is 105 cm³/mol. The van der Waals surface area contributed by atoms with Crippen LogP contribution in [-0.4, -0.2) is 29.2 Å². The molecule has 0 spiro atoms. The van der Waals surface area contributed by atoms with Crippen molar-refractivity contribution in [2.45, 2.75) is 45.3 Å². The second-order valence-corrected chi connectivity index (χ2v) is 7.77. The number of aliphatic hydroxyl groups is 1. The van der Waals surface area contributed by atoms with E-state index >= 15 is 0 Å². The monoisotopic (exact) mass is 368 g/mol. The van der Waals surface area contributed by atoms with Gasteiger partial charge in [0, 0.05) is 17.8 Å². The largest absolute Gasteiger partial charge is 0.481 e. The van der Waals surface area contributed by atoms with Gasteiger partial charge < -0.3 is 15.2 Å². The number of nitrogens with one attached hydrogen (secondary N) is 1. The lowest BCUT2D eigenvalue weighted by Crippen LogP contribution is -2.41. The van der Waals surface area contributed by atoms with Gasteiger partial charge in [-0.05, 0) is 54.4 Å². The molecule has 5 nitrogen and oxygen atoms in total. The van der Waals surface area contributed by atoms with Crippen molar-refractivity contribution < 1.29 is 14.6 Å². The molecule has 144 valence electrons. The molecule has 0 saturated heterocycles. The molecule has 1 aliphatic rings. The summed E-state index contributed by atoms with van der Waals surface area (Å²) in [5.41, 5.74) is 2.81. The lowest BCUT2D eigenvalue weighted by Gasteiger charge is -2.38. The summed E-state index contributed by atoms with van der Waals surface area (Å²) in [5, 5.41) is 12.8. The molecule has 0 aliphatic heterocycles. The number of hydrogen-bond donors (Lipinski definition) is 2. The van der Waals surface area contributed by atoms with Crippen molar-refractivity contribution in [1.82, 2.24) is 10.3 Å². The van der Waals surface area contributed by atoms with Crippen molar-refractivity contribution in [3.63, 3.8) is 0 Å². The highest BCUT2D eigenvalue weighted by Gasteiger charge is 2.36. The summed E-state index contributed by atoms with van der Waals surface area (Å²) in [6.45, 7) is 4.36. The highest BCUT2D eigenvalue weighted by Crippen LogP contribution is 2.38. The lowest BCUT2D eigenvalue weighted by molar-refractivity contribution is 0.0234. The third-order valence-electron chi connectivity index (χ3n) is 5.10. The highest BCUT2D eigenvalue weighted by atomic mass is 16.5. The van der Waals surface area contributed by atoms with Crippen LogP contribution in [0.4, 0.5) is 0 Å². The van der Waals surface area contributed by atoms with E-state index in [1.54, 1.807) is 19.4 Å². The van der Waals surface area contributed by atoms with Gasteiger partial charge in [-0.25, -0.2) is 4.98 Å². The zero-order valence-electron chi connectivity index (χ0n) is 16.2. The molecule has 1 aromatic heterocycles. The number of ether oxygens (including phenoxy) is 1. The molecule has 2 aromatic rings. The third-order valence-corrected chi connectivity index (χ3v) is 5.10. The molecule has 2 N–H and O–H groups in total. The minimum Gasteiger partial charge on any atom is -0.481 e. The molecular formula is C22H28N2O3. The Hall–Kier alpha value is -2.40. The maximum absolute atomic E-state index is 12.8. The standard InChI is InChI=1S/C22H28N2O3/c1-14(2)10-15-4-6-16(7-5-15)22(26)24-21(18-11-19(25)12-18)17-8-9-20(27-3)23-13-17/h4-9,13-14,18-19,21,25H,10-12H2,1-3H3,(H,24,26)/t18?,19?,21-/m1/s1. The number of amides is 1. The Morgan fingerprint density at radius 3 is 2.44 bits per heavy atom. The van der Waals surface area contributed by atoms with Crippen molar-refractivity contribution in [2.24, 2.45) is 11.8 Å². The summed E-state index contributed by atoms with van der Waals surface area (Å²) >= 11 is 0. The molecule has 0 unspecified atom stereocenters. The van der Waals surface area contributed by atoms with Gasteiger partial charge in [-0.1, -0.05) is 32.0 Å². The predicted octanol–water partition coefficient (Wildman–Crippen LogP) is 3.53. The van der Waals surface area contributed by atoms with E-state index in [1.165, 1.54) is 5.56 Å². The van der Waals surface area contributed by atoms with Gasteiger partial charge in [0.25, 0.3) is 5.91 Å². The zero-order chi connectivity index (χ0) is 19.4. The first-order chi connectivity index (χ1) is 13.0. The first kappa shape index (κ1) is 19.4.